The fourth-order valence-electron chi connectivity index (χ4n) is 2.32. The van der Waals surface area contributed by atoms with Gasteiger partial charge in [0.05, 0.1) is 0 Å². The molecule has 3 aromatic rings. The zero-order valence-corrected chi connectivity index (χ0v) is 14.5. The molecule has 7 heteroatoms. The zero-order chi connectivity index (χ0) is 16.8. The maximum absolute atomic E-state index is 12.5. The number of rotatable bonds is 6. The van der Waals surface area contributed by atoms with E-state index in [1.165, 1.54) is 6.39 Å². The molecule has 0 aliphatic rings. The molecule has 2 aromatic carbocycles. The van der Waals surface area contributed by atoms with Gasteiger partial charge in [-0.25, -0.2) is 0 Å². The van der Waals surface area contributed by atoms with Crippen LogP contribution in [0.5, 0.6) is 0 Å². The average molecular weight is 359 g/mol. The Labute approximate surface area is 152 Å². The van der Waals surface area contributed by atoms with Gasteiger partial charge in [-0.05, 0) is 30.3 Å². The van der Waals surface area contributed by atoms with Crippen molar-refractivity contribution in [3.05, 3.63) is 66.1 Å². The van der Waals surface area contributed by atoms with Crippen molar-refractivity contribution in [1.82, 2.24) is 15.5 Å². The van der Waals surface area contributed by atoms with Gasteiger partial charge in [0.25, 0.3) is 5.91 Å². The number of carbonyl (C=O) groups excluding carboxylic acids is 1. The summed E-state index contributed by atoms with van der Waals surface area (Å²) in [5, 5.41) is 10.0. The van der Waals surface area contributed by atoms with Crippen molar-refractivity contribution >= 4 is 24.0 Å². The number of para-hydroxylation sites is 1. The summed E-state index contributed by atoms with van der Waals surface area (Å²) >= 11 is 0. The molecule has 0 bridgehead atoms. The van der Waals surface area contributed by atoms with Crippen molar-refractivity contribution in [2.75, 3.05) is 11.9 Å². The number of nitrogens with one attached hydrogen (secondary N) is 2. The van der Waals surface area contributed by atoms with E-state index in [2.05, 4.69) is 20.8 Å². The van der Waals surface area contributed by atoms with Crippen LogP contribution in [0.2, 0.25) is 0 Å². The minimum atomic E-state index is -0.154. The summed E-state index contributed by atoms with van der Waals surface area (Å²) in [6.07, 6.45) is 1.28. The second-order valence-electron chi connectivity index (χ2n) is 5.22. The molecule has 0 aliphatic heterocycles. The number of hydrogen-bond acceptors (Lipinski definition) is 5. The second kappa shape index (κ2) is 8.96. The third-order valence-corrected chi connectivity index (χ3v) is 3.60. The predicted molar refractivity (Wildman–Crippen MR) is 98.8 cm³/mol. The van der Waals surface area contributed by atoms with Gasteiger partial charge in [-0.1, -0.05) is 42.4 Å². The number of benzene rings is 2. The molecular weight excluding hydrogens is 340 g/mol. The van der Waals surface area contributed by atoms with Crippen molar-refractivity contribution in [3.63, 3.8) is 0 Å². The largest absolute Gasteiger partial charge is 0.342 e. The van der Waals surface area contributed by atoms with Gasteiger partial charge >= 0.3 is 0 Å². The predicted octanol–water partition coefficient (Wildman–Crippen LogP) is 3.52. The lowest BCUT2D eigenvalue weighted by molar-refractivity contribution is 0.102. The summed E-state index contributed by atoms with van der Waals surface area (Å²) in [5.41, 5.74) is 3.23. The normalized spacial score (nSPS) is 10.1. The Kier molecular flexibility index (Phi) is 6.68. The van der Waals surface area contributed by atoms with Crippen LogP contribution in [0, 0.1) is 0 Å². The Morgan fingerprint density at radius 1 is 1.12 bits per heavy atom. The fourth-order valence-corrected chi connectivity index (χ4v) is 2.32. The molecule has 0 fully saturated rings. The van der Waals surface area contributed by atoms with Crippen LogP contribution in [-0.4, -0.2) is 22.6 Å². The topological polar surface area (TPSA) is 80.0 Å². The highest BCUT2D eigenvalue weighted by molar-refractivity contribution is 6.04. The fraction of sp³-hybridized carbons (Fsp3) is 0.167. The molecule has 1 aromatic heterocycles. The smallest absolute Gasteiger partial charge is 0.255 e. The Morgan fingerprint density at radius 3 is 2.56 bits per heavy atom. The first-order valence-corrected chi connectivity index (χ1v) is 7.74. The molecule has 6 nitrogen and oxygen atoms in total. The van der Waals surface area contributed by atoms with Crippen LogP contribution < -0.4 is 10.6 Å². The maximum Gasteiger partial charge on any atom is 0.255 e. The van der Waals surface area contributed by atoms with Gasteiger partial charge in [0.2, 0.25) is 12.2 Å². The SMILES string of the molecule is CCNCc1ccccc1NC(=O)c1ccc(-c2ncon2)cc1.Cl. The zero-order valence-electron chi connectivity index (χ0n) is 13.7. The molecule has 2 N–H and O–H groups in total. The molecule has 0 radical (unpaired) electrons. The van der Waals surface area contributed by atoms with Gasteiger partial charge in [0, 0.05) is 23.4 Å². The Hall–Kier alpha value is -2.70. The van der Waals surface area contributed by atoms with Crippen molar-refractivity contribution < 1.29 is 9.32 Å². The summed E-state index contributed by atoms with van der Waals surface area (Å²) in [7, 11) is 0. The molecule has 3 rings (SSSR count). The third kappa shape index (κ3) is 4.65. The molecule has 0 spiro atoms. The van der Waals surface area contributed by atoms with Crippen LogP contribution in [0.15, 0.2) is 59.4 Å². The van der Waals surface area contributed by atoms with Crippen LogP contribution in [0.3, 0.4) is 0 Å². The molecule has 1 heterocycles. The van der Waals surface area contributed by atoms with Crippen molar-refractivity contribution in [2.45, 2.75) is 13.5 Å². The molecule has 0 saturated carbocycles. The number of carbonyl (C=O) groups is 1. The lowest BCUT2D eigenvalue weighted by Crippen LogP contribution is -2.17. The minimum Gasteiger partial charge on any atom is -0.342 e. The van der Waals surface area contributed by atoms with E-state index in [1.54, 1.807) is 24.3 Å². The van der Waals surface area contributed by atoms with Crippen LogP contribution in [0.25, 0.3) is 11.4 Å². The minimum absolute atomic E-state index is 0. The first-order chi connectivity index (χ1) is 11.8. The highest BCUT2D eigenvalue weighted by Gasteiger charge is 2.10. The Morgan fingerprint density at radius 2 is 1.88 bits per heavy atom. The second-order valence-corrected chi connectivity index (χ2v) is 5.22. The highest BCUT2D eigenvalue weighted by atomic mass is 35.5. The van der Waals surface area contributed by atoms with Gasteiger partial charge in [-0.15, -0.1) is 12.4 Å². The van der Waals surface area contributed by atoms with E-state index in [0.29, 0.717) is 17.9 Å². The summed E-state index contributed by atoms with van der Waals surface area (Å²) < 4.78 is 4.72. The monoisotopic (exact) mass is 358 g/mol. The molecule has 0 saturated heterocycles. The molecule has 0 atom stereocenters. The highest BCUT2D eigenvalue weighted by Crippen LogP contribution is 2.18. The van der Waals surface area contributed by atoms with Crippen LogP contribution in [0.4, 0.5) is 5.69 Å². The lowest BCUT2D eigenvalue weighted by atomic mass is 10.1. The first kappa shape index (κ1) is 18.6. The van der Waals surface area contributed by atoms with Gasteiger partial charge in [-0.3, -0.25) is 4.79 Å². The first-order valence-electron chi connectivity index (χ1n) is 7.74. The van der Waals surface area contributed by atoms with E-state index < -0.39 is 0 Å². The molecule has 0 aliphatic carbocycles. The average Bonchev–Trinajstić information content (AvgIpc) is 3.16. The van der Waals surface area contributed by atoms with E-state index in [-0.39, 0.29) is 18.3 Å². The van der Waals surface area contributed by atoms with Crippen LogP contribution >= 0.6 is 12.4 Å². The van der Waals surface area contributed by atoms with E-state index in [1.807, 2.05) is 31.2 Å². The van der Waals surface area contributed by atoms with Gasteiger partial charge in [0.1, 0.15) is 0 Å². The van der Waals surface area contributed by atoms with E-state index in [0.717, 1.165) is 23.4 Å². The Balaban J connectivity index is 0.00000225. The van der Waals surface area contributed by atoms with Gasteiger partial charge in [-0.2, -0.15) is 4.98 Å². The Bertz CT molecular complexity index is 804. The quantitative estimate of drug-likeness (QED) is 0.704. The number of aromatic nitrogens is 2. The number of halogens is 1. The molecular formula is C18H19ClN4O2. The van der Waals surface area contributed by atoms with Crippen LogP contribution in [-0.2, 0) is 6.54 Å². The number of amides is 1. The van der Waals surface area contributed by atoms with Crippen molar-refractivity contribution in [1.29, 1.82) is 0 Å². The van der Waals surface area contributed by atoms with E-state index in [4.69, 9.17) is 4.52 Å². The van der Waals surface area contributed by atoms with Gasteiger partial charge in [0.15, 0.2) is 0 Å². The molecule has 0 unspecified atom stereocenters. The summed E-state index contributed by atoms with van der Waals surface area (Å²) in [6.45, 7) is 3.63. The van der Waals surface area contributed by atoms with E-state index >= 15 is 0 Å². The number of anilines is 1. The molecule has 1 amide bonds. The van der Waals surface area contributed by atoms with Crippen molar-refractivity contribution in [2.24, 2.45) is 0 Å². The summed E-state index contributed by atoms with van der Waals surface area (Å²) in [6, 6.07) is 14.8. The van der Waals surface area contributed by atoms with Crippen LogP contribution in [0.1, 0.15) is 22.8 Å². The third-order valence-electron chi connectivity index (χ3n) is 3.60. The van der Waals surface area contributed by atoms with Gasteiger partial charge < -0.3 is 15.2 Å². The number of nitrogens with zero attached hydrogens (tertiary/aromatic N) is 2. The molecule has 130 valence electrons. The maximum atomic E-state index is 12.5. The summed E-state index contributed by atoms with van der Waals surface area (Å²) in [4.78, 5) is 16.4. The van der Waals surface area contributed by atoms with Crippen molar-refractivity contribution in [3.8, 4) is 11.4 Å². The molecule has 25 heavy (non-hydrogen) atoms. The standard InChI is InChI=1S/C18H18N4O2.ClH/c1-2-19-11-15-5-3-4-6-16(15)21-18(23)14-9-7-13(8-10-14)17-20-12-24-22-17;/h3-10,12,19H,2,11H2,1H3,(H,21,23);1H. The lowest BCUT2D eigenvalue weighted by Gasteiger charge is -2.11. The number of hydrogen-bond donors (Lipinski definition) is 2. The summed E-state index contributed by atoms with van der Waals surface area (Å²) in [5.74, 6) is 0.344. The van der Waals surface area contributed by atoms with E-state index in [9.17, 15) is 4.79 Å².